The molecule has 2 saturated heterocycles. The Morgan fingerprint density at radius 2 is 1.70 bits per heavy atom. The van der Waals surface area contributed by atoms with Crippen molar-refractivity contribution >= 4 is 5.69 Å². The second-order valence-electron chi connectivity index (χ2n) is 6.44. The molecule has 2 aliphatic heterocycles. The second-order valence-corrected chi connectivity index (χ2v) is 6.44. The van der Waals surface area contributed by atoms with Gasteiger partial charge in [0, 0.05) is 57.5 Å². The maximum atomic E-state index is 8.88. The van der Waals surface area contributed by atoms with Crippen LogP contribution in [0.25, 0.3) is 0 Å². The van der Waals surface area contributed by atoms with E-state index in [9.17, 15) is 0 Å². The third kappa shape index (κ3) is 4.23. The van der Waals surface area contributed by atoms with E-state index in [1.165, 1.54) is 5.69 Å². The van der Waals surface area contributed by atoms with Crippen LogP contribution in [-0.2, 0) is 4.74 Å². The minimum Gasteiger partial charge on any atom is -0.379 e. The van der Waals surface area contributed by atoms with Gasteiger partial charge in [-0.2, -0.15) is 5.26 Å². The van der Waals surface area contributed by atoms with Gasteiger partial charge >= 0.3 is 0 Å². The molecule has 0 aliphatic carbocycles. The molecule has 1 aromatic rings. The third-order valence-corrected chi connectivity index (χ3v) is 4.93. The van der Waals surface area contributed by atoms with Gasteiger partial charge in [-0.1, -0.05) is 0 Å². The van der Waals surface area contributed by atoms with E-state index < -0.39 is 0 Å². The fourth-order valence-electron chi connectivity index (χ4n) is 3.44. The zero-order valence-corrected chi connectivity index (χ0v) is 13.9. The molecule has 2 fully saturated rings. The standard InChI is InChI=1S/C18H26N4O/c1-16(21-10-12-23-13-11-21)15-20-6-8-22(9-7-20)18-4-2-17(14-19)3-5-18/h2-5,16H,6-13,15H2,1H3. The normalized spacial score (nSPS) is 21.8. The number of rotatable bonds is 4. The fraction of sp³-hybridized carbons (Fsp3) is 0.611. The summed E-state index contributed by atoms with van der Waals surface area (Å²) in [6.07, 6.45) is 0. The maximum absolute atomic E-state index is 8.88. The summed E-state index contributed by atoms with van der Waals surface area (Å²) in [6, 6.07) is 10.7. The van der Waals surface area contributed by atoms with Crippen molar-refractivity contribution in [3.63, 3.8) is 0 Å². The zero-order valence-electron chi connectivity index (χ0n) is 13.9. The Bertz CT molecular complexity index is 525. The number of benzene rings is 1. The molecule has 0 saturated carbocycles. The van der Waals surface area contributed by atoms with Crippen LogP contribution >= 0.6 is 0 Å². The van der Waals surface area contributed by atoms with Gasteiger partial charge in [-0.05, 0) is 31.2 Å². The topological polar surface area (TPSA) is 42.7 Å². The van der Waals surface area contributed by atoms with Gasteiger partial charge in [0.05, 0.1) is 24.8 Å². The zero-order chi connectivity index (χ0) is 16.1. The summed E-state index contributed by atoms with van der Waals surface area (Å²) in [4.78, 5) is 7.52. The molecule has 0 radical (unpaired) electrons. The van der Waals surface area contributed by atoms with Crippen LogP contribution < -0.4 is 4.90 Å². The maximum Gasteiger partial charge on any atom is 0.0991 e. The summed E-state index contributed by atoms with van der Waals surface area (Å²) < 4.78 is 5.44. The van der Waals surface area contributed by atoms with Gasteiger partial charge in [0.2, 0.25) is 0 Å². The third-order valence-electron chi connectivity index (χ3n) is 4.93. The summed E-state index contributed by atoms with van der Waals surface area (Å²) in [5.41, 5.74) is 1.96. The molecule has 0 bridgehead atoms. The smallest absolute Gasteiger partial charge is 0.0991 e. The quantitative estimate of drug-likeness (QED) is 0.840. The Morgan fingerprint density at radius 3 is 2.30 bits per heavy atom. The predicted octanol–water partition coefficient (Wildman–Crippen LogP) is 1.40. The molecule has 23 heavy (non-hydrogen) atoms. The lowest BCUT2D eigenvalue weighted by Gasteiger charge is -2.40. The first-order chi connectivity index (χ1) is 11.3. The molecule has 2 aliphatic rings. The van der Waals surface area contributed by atoms with E-state index in [2.05, 4.69) is 39.8 Å². The van der Waals surface area contributed by atoms with Crippen molar-refractivity contribution in [3.8, 4) is 6.07 Å². The number of anilines is 1. The fourth-order valence-corrected chi connectivity index (χ4v) is 3.44. The van der Waals surface area contributed by atoms with E-state index in [-0.39, 0.29) is 0 Å². The highest BCUT2D eigenvalue weighted by atomic mass is 16.5. The van der Waals surface area contributed by atoms with Crippen molar-refractivity contribution in [3.05, 3.63) is 29.8 Å². The molecule has 0 spiro atoms. The molecule has 0 N–H and O–H groups in total. The van der Waals surface area contributed by atoms with Crippen LogP contribution in [0.3, 0.4) is 0 Å². The van der Waals surface area contributed by atoms with Crippen LogP contribution in [0.5, 0.6) is 0 Å². The van der Waals surface area contributed by atoms with Crippen molar-refractivity contribution in [1.82, 2.24) is 9.80 Å². The number of ether oxygens (including phenoxy) is 1. The van der Waals surface area contributed by atoms with Gasteiger partial charge in [0.1, 0.15) is 0 Å². The monoisotopic (exact) mass is 314 g/mol. The van der Waals surface area contributed by atoms with Crippen LogP contribution in [0.2, 0.25) is 0 Å². The average molecular weight is 314 g/mol. The summed E-state index contributed by atoms with van der Waals surface area (Å²) in [6.45, 7) is 11.7. The van der Waals surface area contributed by atoms with Gasteiger partial charge in [-0.25, -0.2) is 0 Å². The molecule has 5 nitrogen and oxygen atoms in total. The summed E-state index contributed by atoms with van der Waals surface area (Å²) in [5, 5.41) is 8.88. The predicted molar refractivity (Wildman–Crippen MR) is 91.7 cm³/mol. The van der Waals surface area contributed by atoms with Crippen molar-refractivity contribution in [2.24, 2.45) is 0 Å². The minimum absolute atomic E-state index is 0.598. The largest absolute Gasteiger partial charge is 0.379 e. The molecule has 0 aromatic heterocycles. The van der Waals surface area contributed by atoms with E-state index in [0.717, 1.165) is 64.6 Å². The van der Waals surface area contributed by atoms with E-state index in [1.807, 2.05) is 12.1 Å². The van der Waals surface area contributed by atoms with Gasteiger partial charge < -0.3 is 9.64 Å². The highest BCUT2D eigenvalue weighted by Gasteiger charge is 2.22. The average Bonchev–Trinajstić information content (AvgIpc) is 2.63. The van der Waals surface area contributed by atoms with Crippen molar-refractivity contribution < 1.29 is 4.74 Å². The Balaban J connectivity index is 1.47. The van der Waals surface area contributed by atoms with Crippen LogP contribution in [0, 0.1) is 11.3 Å². The van der Waals surface area contributed by atoms with Crippen molar-refractivity contribution in [1.29, 1.82) is 5.26 Å². The lowest BCUT2D eigenvalue weighted by molar-refractivity contribution is 0.0121. The highest BCUT2D eigenvalue weighted by Crippen LogP contribution is 2.17. The Hall–Kier alpha value is -1.61. The Morgan fingerprint density at radius 1 is 1.04 bits per heavy atom. The van der Waals surface area contributed by atoms with Gasteiger partial charge in [0.15, 0.2) is 0 Å². The molecule has 124 valence electrons. The van der Waals surface area contributed by atoms with E-state index in [4.69, 9.17) is 10.00 Å². The number of morpholine rings is 1. The van der Waals surface area contributed by atoms with Gasteiger partial charge in [0.25, 0.3) is 0 Å². The van der Waals surface area contributed by atoms with Crippen molar-refractivity contribution in [2.75, 3.05) is 63.9 Å². The summed E-state index contributed by atoms with van der Waals surface area (Å²) in [7, 11) is 0. The highest BCUT2D eigenvalue weighted by molar-refractivity contribution is 5.50. The first-order valence-corrected chi connectivity index (χ1v) is 8.55. The second kappa shape index (κ2) is 7.78. The summed E-state index contributed by atoms with van der Waals surface area (Å²) >= 11 is 0. The molecular weight excluding hydrogens is 288 g/mol. The van der Waals surface area contributed by atoms with Crippen LogP contribution in [0.1, 0.15) is 12.5 Å². The molecule has 0 amide bonds. The lowest BCUT2D eigenvalue weighted by Crippen LogP contribution is -2.52. The van der Waals surface area contributed by atoms with Crippen LogP contribution in [0.4, 0.5) is 5.69 Å². The molecule has 1 aromatic carbocycles. The molecular formula is C18H26N4O. The molecule has 2 heterocycles. The Kier molecular flexibility index (Phi) is 5.50. The number of nitrogens with zero attached hydrogens (tertiary/aromatic N) is 4. The molecule has 1 unspecified atom stereocenters. The first kappa shape index (κ1) is 16.3. The van der Waals surface area contributed by atoms with E-state index >= 15 is 0 Å². The lowest BCUT2D eigenvalue weighted by atomic mass is 10.2. The molecule has 5 heteroatoms. The van der Waals surface area contributed by atoms with E-state index in [0.29, 0.717) is 6.04 Å². The number of piperazine rings is 1. The number of hydrogen-bond donors (Lipinski definition) is 0. The number of nitriles is 1. The van der Waals surface area contributed by atoms with Gasteiger partial charge in [-0.15, -0.1) is 0 Å². The van der Waals surface area contributed by atoms with Crippen molar-refractivity contribution in [2.45, 2.75) is 13.0 Å². The number of hydrogen-bond acceptors (Lipinski definition) is 5. The van der Waals surface area contributed by atoms with Crippen LogP contribution in [-0.4, -0.2) is 74.9 Å². The minimum atomic E-state index is 0.598. The van der Waals surface area contributed by atoms with Gasteiger partial charge in [-0.3, -0.25) is 9.80 Å². The van der Waals surface area contributed by atoms with E-state index in [1.54, 1.807) is 0 Å². The summed E-state index contributed by atoms with van der Waals surface area (Å²) in [5.74, 6) is 0. The Labute approximate surface area is 139 Å². The first-order valence-electron chi connectivity index (χ1n) is 8.55. The van der Waals surface area contributed by atoms with Crippen LogP contribution in [0.15, 0.2) is 24.3 Å². The SMILES string of the molecule is CC(CN1CCN(c2ccc(C#N)cc2)CC1)N1CCOCC1. The molecule has 1 atom stereocenters. The molecule has 3 rings (SSSR count).